The van der Waals surface area contributed by atoms with Gasteiger partial charge in [-0.3, -0.25) is 4.79 Å². The molecule has 1 saturated heterocycles. The minimum atomic E-state index is -0.686. The van der Waals surface area contributed by atoms with E-state index in [4.69, 9.17) is 16.6 Å². The lowest BCUT2D eigenvalue weighted by molar-refractivity contribution is -0.131. The van der Waals surface area contributed by atoms with Gasteiger partial charge < -0.3 is 9.80 Å². The van der Waals surface area contributed by atoms with Gasteiger partial charge in [0.2, 0.25) is 5.91 Å². The number of nitrogens with zero attached hydrogens (tertiary/aromatic N) is 4. The monoisotopic (exact) mass is 466 g/mol. The van der Waals surface area contributed by atoms with Crippen LogP contribution in [-0.2, 0) is 17.6 Å². The number of rotatable bonds is 6. The lowest BCUT2D eigenvalue weighted by Gasteiger charge is -2.37. The van der Waals surface area contributed by atoms with Crippen LogP contribution < -0.4 is 4.90 Å². The zero-order valence-corrected chi connectivity index (χ0v) is 19.7. The van der Waals surface area contributed by atoms with E-state index in [-0.39, 0.29) is 11.7 Å². The van der Waals surface area contributed by atoms with Crippen LogP contribution in [0.15, 0.2) is 54.6 Å². The topological polar surface area (TPSA) is 49.3 Å². The second-order valence-electron chi connectivity index (χ2n) is 8.27. The minimum absolute atomic E-state index is 0.0735. The van der Waals surface area contributed by atoms with Crippen LogP contribution in [0.5, 0.6) is 0 Å². The fourth-order valence-electron chi connectivity index (χ4n) is 4.29. The standard InChI is InChI=1S/C26H28ClFN4O/c1-3-23-22(17-19-8-7-11-21(28)16-19)25(30-18(2)29-23)31-12-14-32(15-13-31)26(33)24(27)20-9-5-4-6-10-20/h4-11,16,24H,3,12-15,17H2,1-2H3. The molecule has 1 aliphatic rings. The molecule has 1 unspecified atom stereocenters. The molecule has 4 rings (SSSR count). The summed E-state index contributed by atoms with van der Waals surface area (Å²) in [7, 11) is 0. The first-order valence-electron chi connectivity index (χ1n) is 11.3. The molecule has 1 fully saturated rings. The molecule has 172 valence electrons. The molecule has 3 aromatic rings. The molecule has 2 heterocycles. The molecule has 1 amide bonds. The van der Waals surface area contributed by atoms with Gasteiger partial charge in [-0.25, -0.2) is 14.4 Å². The van der Waals surface area contributed by atoms with E-state index in [0.717, 1.165) is 34.6 Å². The highest BCUT2D eigenvalue weighted by atomic mass is 35.5. The van der Waals surface area contributed by atoms with E-state index in [1.165, 1.54) is 6.07 Å². The predicted molar refractivity (Wildman–Crippen MR) is 129 cm³/mol. The summed E-state index contributed by atoms with van der Waals surface area (Å²) in [5.74, 6) is 1.27. The lowest BCUT2D eigenvalue weighted by Crippen LogP contribution is -2.50. The smallest absolute Gasteiger partial charge is 0.245 e. The van der Waals surface area contributed by atoms with Crippen molar-refractivity contribution in [1.82, 2.24) is 14.9 Å². The summed E-state index contributed by atoms with van der Waals surface area (Å²) >= 11 is 6.48. The lowest BCUT2D eigenvalue weighted by atomic mass is 10.0. The zero-order valence-electron chi connectivity index (χ0n) is 19.0. The number of amides is 1. The van der Waals surface area contributed by atoms with E-state index in [1.54, 1.807) is 12.1 Å². The summed E-state index contributed by atoms with van der Waals surface area (Å²) in [6, 6.07) is 16.1. The molecule has 0 radical (unpaired) electrons. The number of halogens is 2. The molecular weight excluding hydrogens is 439 g/mol. The fraction of sp³-hybridized carbons (Fsp3) is 0.346. The molecular formula is C26H28ClFN4O. The first kappa shape index (κ1) is 23.2. The average molecular weight is 467 g/mol. The van der Waals surface area contributed by atoms with Crippen LogP contribution in [0.1, 0.15) is 40.5 Å². The van der Waals surface area contributed by atoms with E-state index in [2.05, 4.69) is 16.8 Å². The Labute approximate surface area is 199 Å². The van der Waals surface area contributed by atoms with E-state index < -0.39 is 5.38 Å². The van der Waals surface area contributed by atoms with Gasteiger partial charge in [0.25, 0.3) is 0 Å². The Morgan fingerprint density at radius 2 is 1.79 bits per heavy atom. The Balaban J connectivity index is 1.53. The first-order valence-corrected chi connectivity index (χ1v) is 11.7. The second kappa shape index (κ2) is 10.3. The summed E-state index contributed by atoms with van der Waals surface area (Å²) < 4.78 is 13.8. The maximum Gasteiger partial charge on any atom is 0.245 e. The highest BCUT2D eigenvalue weighted by Gasteiger charge is 2.29. The van der Waals surface area contributed by atoms with E-state index in [9.17, 15) is 9.18 Å². The van der Waals surface area contributed by atoms with Gasteiger partial charge in [-0.1, -0.05) is 49.4 Å². The minimum Gasteiger partial charge on any atom is -0.353 e. The number of hydrogen-bond acceptors (Lipinski definition) is 4. The van der Waals surface area contributed by atoms with Gasteiger partial charge in [0.1, 0.15) is 22.8 Å². The predicted octanol–water partition coefficient (Wildman–Crippen LogP) is 4.71. The molecule has 5 nitrogen and oxygen atoms in total. The third-order valence-corrected chi connectivity index (χ3v) is 6.43. The zero-order chi connectivity index (χ0) is 23.4. The van der Waals surface area contributed by atoms with Gasteiger partial charge in [0.15, 0.2) is 0 Å². The van der Waals surface area contributed by atoms with Crippen LogP contribution in [0.2, 0.25) is 0 Å². The van der Waals surface area contributed by atoms with Crippen molar-refractivity contribution in [3.63, 3.8) is 0 Å². The van der Waals surface area contributed by atoms with Gasteiger partial charge in [0.05, 0.1) is 0 Å². The van der Waals surface area contributed by atoms with E-state index >= 15 is 0 Å². The van der Waals surface area contributed by atoms with E-state index in [1.807, 2.05) is 48.2 Å². The summed E-state index contributed by atoms with van der Waals surface area (Å²) in [5.41, 5.74) is 3.70. The number of piperazine rings is 1. The van der Waals surface area contributed by atoms with Crippen LogP contribution in [-0.4, -0.2) is 47.0 Å². The number of hydrogen-bond donors (Lipinski definition) is 0. The molecule has 1 aliphatic heterocycles. The number of aromatic nitrogens is 2. The number of carbonyl (C=O) groups excluding carboxylic acids is 1. The largest absolute Gasteiger partial charge is 0.353 e. The number of anilines is 1. The van der Waals surface area contributed by atoms with Crippen molar-refractivity contribution in [3.8, 4) is 0 Å². The van der Waals surface area contributed by atoms with Crippen molar-refractivity contribution in [2.24, 2.45) is 0 Å². The summed E-state index contributed by atoms with van der Waals surface area (Å²) in [5, 5.41) is -0.686. The highest BCUT2D eigenvalue weighted by Crippen LogP contribution is 2.28. The van der Waals surface area contributed by atoms with Crippen LogP contribution in [0.25, 0.3) is 0 Å². The second-order valence-corrected chi connectivity index (χ2v) is 8.70. The maximum absolute atomic E-state index is 13.8. The Kier molecular flexibility index (Phi) is 7.23. The third-order valence-electron chi connectivity index (χ3n) is 5.99. The SMILES string of the molecule is CCc1nc(C)nc(N2CCN(C(=O)C(Cl)c3ccccc3)CC2)c1Cc1cccc(F)c1. The molecule has 7 heteroatoms. The first-order chi connectivity index (χ1) is 16.0. The highest BCUT2D eigenvalue weighted by molar-refractivity contribution is 6.30. The Morgan fingerprint density at radius 1 is 1.06 bits per heavy atom. The normalized spacial score (nSPS) is 14.9. The maximum atomic E-state index is 13.8. The number of carbonyl (C=O) groups is 1. The van der Waals surface area contributed by atoms with E-state index in [0.29, 0.717) is 38.4 Å². The van der Waals surface area contributed by atoms with Crippen LogP contribution in [0.4, 0.5) is 10.2 Å². The third kappa shape index (κ3) is 5.33. The Bertz CT molecular complexity index is 1120. The van der Waals surface area contributed by atoms with Crippen LogP contribution >= 0.6 is 11.6 Å². The quantitative estimate of drug-likeness (QED) is 0.494. The molecule has 0 bridgehead atoms. The van der Waals surface area contributed by atoms with Gasteiger partial charge in [-0.2, -0.15) is 0 Å². The van der Waals surface area contributed by atoms with Gasteiger partial charge in [-0.05, 0) is 36.6 Å². The molecule has 2 aromatic carbocycles. The van der Waals surface area contributed by atoms with Crippen LogP contribution in [0, 0.1) is 12.7 Å². The van der Waals surface area contributed by atoms with Crippen LogP contribution in [0.3, 0.4) is 0 Å². The molecule has 1 atom stereocenters. The number of aryl methyl sites for hydroxylation is 2. The number of benzene rings is 2. The summed E-state index contributed by atoms with van der Waals surface area (Å²) in [4.78, 5) is 26.4. The van der Waals surface area contributed by atoms with Crippen molar-refractivity contribution < 1.29 is 9.18 Å². The van der Waals surface area contributed by atoms with Crippen molar-refractivity contribution >= 4 is 23.3 Å². The van der Waals surface area contributed by atoms with Gasteiger partial charge in [-0.15, -0.1) is 11.6 Å². The fourth-order valence-corrected chi connectivity index (χ4v) is 4.57. The summed E-state index contributed by atoms with van der Waals surface area (Å²) in [6.07, 6.45) is 1.33. The molecule has 0 aliphatic carbocycles. The van der Waals surface area contributed by atoms with Gasteiger partial charge in [0, 0.05) is 43.9 Å². The van der Waals surface area contributed by atoms with Crippen molar-refractivity contribution in [3.05, 3.63) is 88.6 Å². The molecule has 0 N–H and O–H groups in total. The van der Waals surface area contributed by atoms with Crippen molar-refractivity contribution in [1.29, 1.82) is 0 Å². The molecule has 0 saturated carbocycles. The van der Waals surface area contributed by atoms with Crippen molar-refractivity contribution in [2.45, 2.75) is 32.1 Å². The molecule has 1 aromatic heterocycles. The molecule has 33 heavy (non-hydrogen) atoms. The van der Waals surface area contributed by atoms with Gasteiger partial charge >= 0.3 is 0 Å². The molecule has 0 spiro atoms. The Morgan fingerprint density at radius 3 is 2.45 bits per heavy atom. The van der Waals surface area contributed by atoms with Crippen molar-refractivity contribution in [2.75, 3.05) is 31.1 Å². The average Bonchev–Trinajstić information content (AvgIpc) is 2.84. The number of alkyl halides is 1. The summed E-state index contributed by atoms with van der Waals surface area (Å²) in [6.45, 7) is 6.41. The Hall–Kier alpha value is -2.99.